The summed E-state index contributed by atoms with van der Waals surface area (Å²) < 4.78 is 61.0. The highest BCUT2D eigenvalue weighted by Gasteiger charge is 2.33. The second-order valence-corrected chi connectivity index (χ2v) is 7.24. The van der Waals surface area contributed by atoms with Crippen LogP contribution in [0.4, 0.5) is 24.9 Å². The fourth-order valence-electron chi connectivity index (χ4n) is 3.23. The number of nitrogens with one attached hydrogen (secondary N) is 1. The Kier molecular flexibility index (Phi) is 7.89. The molecule has 0 radical (unpaired) electrons. The minimum absolute atomic E-state index is 0.0504. The average Bonchev–Trinajstić information content (AvgIpc) is 2.76. The highest BCUT2D eigenvalue weighted by molar-refractivity contribution is 5.91. The second kappa shape index (κ2) is 10.7. The monoisotopic (exact) mass is 482 g/mol. The lowest BCUT2D eigenvalue weighted by Crippen LogP contribution is -2.27. The Balaban J connectivity index is 1.97. The molecule has 2 heterocycles. The van der Waals surface area contributed by atoms with Crippen molar-refractivity contribution in [1.29, 1.82) is 0 Å². The van der Waals surface area contributed by atoms with E-state index in [0.717, 1.165) is 6.07 Å². The summed E-state index contributed by atoms with van der Waals surface area (Å²) in [6.07, 6.45) is -5.05. The number of alkyl halides is 3. The van der Waals surface area contributed by atoms with Gasteiger partial charge >= 0.3 is 6.18 Å². The maximum absolute atomic E-state index is 13.1. The predicted molar refractivity (Wildman–Crippen MR) is 118 cm³/mol. The first kappa shape index (κ1) is 25.2. The number of aromatic nitrogens is 4. The van der Waals surface area contributed by atoms with Crippen LogP contribution in [0.3, 0.4) is 0 Å². The number of hydrogen-bond donors (Lipinski definition) is 2. The van der Waals surface area contributed by atoms with Crippen LogP contribution in [0.15, 0.2) is 18.2 Å². The first-order valence-electron chi connectivity index (χ1n) is 10.1. The first-order chi connectivity index (χ1) is 16.1. The lowest BCUT2D eigenvalue weighted by atomic mass is 10.2. The Morgan fingerprint density at radius 3 is 2.29 bits per heavy atom. The van der Waals surface area contributed by atoms with E-state index >= 15 is 0 Å². The molecule has 0 fully saturated rings. The Hall–Kier alpha value is -3.45. The molecule has 0 aliphatic carbocycles. The van der Waals surface area contributed by atoms with Crippen molar-refractivity contribution in [3.8, 4) is 11.5 Å². The molecule has 0 saturated heterocycles. The van der Waals surface area contributed by atoms with Gasteiger partial charge in [0.05, 0.1) is 38.1 Å². The third-order valence-electron chi connectivity index (χ3n) is 4.62. The molecule has 0 amide bonds. The number of hydrogen-bond acceptors (Lipinski definition) is 10. The lowest BCUT2D eigenvalue weighted by molar-refractivity contribution is -0.141. The minimum Gasteiger partial charge on any atom is -0.493 e. The topological polar surface area (TPSA) is 127 Å². The third kappa shape index (κ3) is 6.11. The zero-order chi connectivity index (χ0) is 24.9. The fraction of sp³-hybridized carbons (Fsp3) is 0.429. The van der Waals surface area contributed by atoms with Gasteiger partial charge in [-0.3, -0.25) is 0 Å². The summed E-state index contributed by atoms with van der Waals surface area (Å²) in [5.41, 5.74) is 4.94. The Morgan fingerprint density at radius 1 is 0.971 bits per heavy atom. The number of anilines is 2. The number of fused-ring (bicyclic) bond motifs is 1. The predicted octanol–water partition coefficient (Wildman–Crippen LogP) is 2.99. The molecule has 13 heteroatoms. The lowest BCUT2D eigenvalue weighted by Gasteiger charge is -2.20. The molecule has 0 aliphatic rings. The standard InChI is InChI=1S/C21H25F3N6O4/c1-11-27-15-7-16(33-4)17(34-13(9-31-2)10-32-3)6-14(15)19(28-11)26-8-12-5-18(21(22,23)24)30-20(25)29-12/h5-7,13H,8-10H2,1-4H3,(H2,25,29,30)(H,26,27,28). The van der Waals surface area contributed by atoms with Gasteiger partial charge in [0, 0.05) is 25.7 Å². The average molecular weight is 482 g/mol. The van der Waals surface area contributed by atoms with Crippen molar-refractivity contribution in [3.05, 3.63) is 35.4 Å². The van der Waals surface area contributed by atoms with E-state index in [9.17, 15) is 13.2 Å². The van der Waals surface area contributed by atoms with Gasteiger partial charge in [-0.25, -0.2) is 19.9 Å². The smallest absolute Gasteiger partial charge is 0.433 e. The number of nitrogen functional groups attached to an aromatic ring is 1. The van der Waals surface area contributed by atoms with Crippen molar-refractivity contribution in [3.63, 3.8) is 0 Å². The van der Waals surface area contributed by atoms with E-state index in [0.29, 0.717) is 34.0 Å². The summed E-state index contributed by atoms with van der Waals surface area (Å²) in [4.78, 5) is 15.9. The SMILES string of the molecule is COCC(COC)Oc1cc2c(NCc3cc(C(F)(F)F)nc(N)n3)nc(C)nc2cc1OC. The van der Waals surface area contributed by atoms with Crippen LogP contribution in [-0.2, 0) is 22.2 Å². The maximum atomic E-state index is 13.1. The van der Waals surface area contributed by atoms with E-state index in [1.165, 1.54) is 7.11 Å². The van der Waals surface area contributed by atoms with Crippen LogP contribution in [0.2, 0.25) is 0 Å². The van der Waals surface area contributed by atoms with E-state index in [1.54, 1.807) is 33.3 Å². The Morgan fingerprint density at radius 2 is 1.68 bits per heavy atom. The van der Waals surface area contributed by atoms with Crippen LogP contribution in [-0.4, -0.2) is 60.6 Å². The summed E-state index contributed by atoms with van der Waals surface area (Å²) in [6, 6.07) is 4.20. The summed E-state index contributed by atoms with van der Waals surface area (Å²) in [6.45, 7) is 2.17. The molecule has 0 atom stereocenters. The molecular weight excluding hydrogens is 457 g/mol. The van der Waals surface area contributed by atoms with Crippen LogP contribution >= 0.6 is 0 Å². The van der Waals surface area contributed by atoms with Crippen molar-refractivity contribution in [1.82, 2.24) is 19.9 Å². The number of nitrogens with zero attached hydrogens (tertiary/aromatic N) is 4. The molecule has 3 aromatic rings. The highest BCUT2D eigenvalue weighted by atomic mass is 19.4. The van der Waals surface area contributed by atoms with Crippen molar-refractivity contribution in [2.75, 3.05) is 45.6 Å². The highest BCUT2D eigenvalue weighted by Crippen LogP contribution is 2.35. The van der Waals surface area contributed by atoms with Gasteiger partial charge in [0.25, 0.3) is 0 Å². The van der Waals surface area contributed by atoms with Gasteiger partial charge in [-0.1, -0.05) is 0 Å². The van der Waals surface area contributed by atoms with E-state index < -0.39 is 23.9 Å². The summed E-state index contributed by atoms with van der Waals surface area (Å²) in [5, 5.41) is 3.57. The molecule has 0 spiro atoms. The number of benzene rings is 1. The van der Waals surface area contributed by atoms with Crippen LogP contribution in [0.1, 0.15) is 17.2 Å². The van der Waals surface area contributed by atoms with Gasteiger partial charge in [0.15, 0.2) is 11.5 Å². The maximum Gasteiger partial charge on any atom is 0.433 e. The van der Waals surface area contributed by atoms with Crippen molar-refractivity contribution >= 4 is 22.7 Å². The van der Waals surface area contributed by atoms with Crippen molar-refractivity contribution < 1.29 is 32.1 Å². The fourth-order valence-corrected chi connectivity index (χ4v) is 3.23. The van der Waals surface area contributed by atoms with E-state index in [4.69, 9.17) is 24.7 Å². The number of rotatable bonds is 10. The van der Waals surface area contributed by atoms with Gasteiger partial charge in [-0.2, -0.15) is 13.2 Å². The van der Waals surface area contributed by atoms with E-state index in [2.05, 4.69) is 25.3 Å². The quantitative estimate of drug-likeness (QED) is 0.445. The van der Waals surface area contributed by atoms with Crippen molar-refractivity contribution in [2.24, 2.45) is 0 Å². The largest absolute Gasteiger partial charge is 0.493 e. The molecule has 0 aliphatic heterocycles. The summed E-state index contributed by atoms with van der Waals surface area (Å²) in [5.74, 6) is 1.18. The van der Waals surface area contributed by atoms with Gasteiger partial charge in [0.1, 0.15) is 23.4 Å². The summed E-state index contributed by atoms with van der Waals surface area (Å²) >= 11 is 0. The third-order valence-corrected chi connectivity index (χ3v) is 4.62. The Labute approximate surface area is 193 Å². The van der Waals surface area contributed by atoms with Gasteiger partial charge in [-0.15, -0.1) is 0 Å². The molecule has 3 N–H and O–H groups in total. The van der Waals surface area contributed by atoms with Gasteiger partial charge in [0.2, 0.25) is 5.95 Å². The molecule has 1 aromatic carbocycles. The number of halogens is 3. The van der Waals surface area contributed by atoms with Gasteiger partial charge < -0.3 is 30.0 Å². The van der Waals surface area contributed by atoms with Crippen molar-refractivity contribution in [2.45, 2.75) is 25.7 Å². The van der Waals surface area contributed by atoms with Crippen LogP contribution < -0.4 is 20.5 Å². The van der Waals surface area contributed by atoms with Crippen LogP contribution in [0.5, 0.6) is 11.5 Å². The first-order valence-corrected chi connectivity index (χ1v) is 10.1. The van der Waals surface area contributed by atoms with E-state index in [-0.39, 0.29) is 25.5 Å². The van der Waals surface area contributed by atoms with E-state index in [1.807, 2.05) is 0 Å². The molecule has 2 aromatic heterocycles. The molecule has 0 unspecified atom stereocenters. The normalized spacial score (nSPS) is 11.8. The van der Waals surface area contributed by atoms with Crippen LogP contribution in [0, 0.1) is 6.92 Å². The Bertz CT molecular complexity index is 1140. The number of aryl methyl sites for hydroxylation is 1. The molecule has 184 valence electrons. The zero-order valence-electron chi connectivity index (χ0n) is 19.1. The molecule has 0 bridgehead atoms. The molecule has 34 heavy (non-hydrogen) atoms. The number of methoxy groups -OCH3 is 3. The molecule has 3 rings (SSSR count). The molecule has 0 saturated carbocycles. The second-order valence-electron chi connectivity index (χ2n) is 7.24. The molecule has 10 nitrogen and oxygen atoms in total. The van der Waals surface area contributed by atoms with Crippen LogP contribution in [0.25, 0.3) is 10.9 Å². The zero-order valence-corrected chi connectivity index (χ0v) is 19.1. The number of ether oxygens (including phenoxy) is 4. The summed E-state index contributed by atoms with van der Waals surface area (Å²) in [7, 11) is 4.60. The number of nitrogens with two attached hydrogens (primary N) is 1. The minimum atomic E-state index is -4.65. The van der Waals surface area contributed by atoms with Gasteiger partial charge in [-0.05, 0) is 19.1 Å². The molecular formula is C21H25F3N6O4.